The first-order valence-electron chi connectivity index (χ1n) is 9.20. The minimum Gasteiger partial charge on any atom is -0.424 e. The molecule has 4 aliphatic rings. The number of para-hydroxylation sites is 1. The monoisotopic (exact) mass is 321 g/mol. The van der Waals surface area contributed by atoms with E-state index in [1.165, 1.54) is 19.3 Å². The van der Waals surface area contributed by atoms with Crippen molar-refractivity contribution in [3.05, 3.63) is 36.0 Å². The van der Waals surface area contributed by atoms with Crippen LogP contribution in [0.5, 0.6) is 5.75 Å². The molecule has 0 radical (unpaired) electrons. The predicted octanol–water partition coefficient (Wildman–Crippen LogP) is 4.67. The van der Waals surface area contributed by atoms with E-state index in [2.05, 4.69) is 4.98 Å². The molecule has 0 spiro atoms. The third-order valence-electron chi connectivity index (χ3n) is 6.50. The van der Waals surface area contributed by atoms with Gasteiger partial charge in [0.1, 0.15) is 5.52 Å². The van der Waals surface area contributed by atoms with Crippen molar-refractivity contribution < 1.29 is 9.53 Å². The molecule has 0 aliphatic heterocycles. The summed E-state index contributed by atoms with van der Waals surface area (Å²) in [6.07, 6.45) is 7.11. The molecular formula is C21H23NO2. The first kappa shape index (κ1) is 14.4. The molecule has 1 heterocycles. The highest BCUT2D eigenvalue weighted by Crippen LogP contribution is 2.60. The third kappa shape index (κ3) is 2.17. The van der Waals surface area contributed by atoms with Gasteiger partial charge in [-0.3, -0.25) is 4.79 Å². The number of nitrogens with zero attached hydrogens (tertiary/aromatic N) is 1. The van der Waals surface area contributed by atoms with Crippen molar-refractivity contribution >= 4 is 16.9 Å². The summed E-state index contributed by atoms with van der Waals surface area (Å²) >= 11 is 0. The number of aryl methyl sites for hydroxylation is 1. The highest BCUT2D eigenvalue weighted by atomic mass is 16.5. The molecule has 4 bridgehead atoms. The Kier molecular flexibility index (Phi) is 3.04. The van der Waals surface area contributed by atoms with E-state index in [0.29, 0.717) is 5.75 Å². The van der Waals surface area contributed by atoms with Gasteiger partial charge in [0.05, 0.1) is 5.41 Å². The Morgan fingerprint density at radius 2 is 1.71 bits per heavy atom. The van der Waals surface area contributed by atoms with Crippen molar-refractivity contribution in [3.63, 3.8) is 0 Å². The fourth-order valence-corrected chi connectivity index (χ4v) is 5.87. The highest BCUT2D eigenvalue weighted by Gasteiger charge is 2.55. The SMILES string of the molecule is Cc1ccc2cccc(OC(=O)C34CC5CC(CC(C5)C3)C4)c2n1. The zero-order valence-corrected chi connectivity index (χ0v) is 14.1. The van der Waals surface area contributed by atoms with Crippen molar-refractivity contribution in [3.8, 4) is 5.75 Å². The molecule has 0 N–H and O–H groups in total. The maximum atomic E-state index is 13.1. The van der Waals surface area contributed by atoms with Crippen LogP contribution in [0.15, 0.2) is 30.3 Å². The van der Waals surface area contributed by atoms with Crippen LogP contribution in [0.2, 0.25) is 0 Å². The summed E-state index contributed by atoms with van der Waals surface area (Å²) in [6, 6.07) is 9.88. The molecule has 1 aromatic carbocycles. The fourth-order valence-electron chi connectivity index (χ4n) is 5.87. The minimum absolute atomic E-state index is 0.00240. The Morgan fingerprint density at radius 3 is 2.38 bits per heavy atom. The molecular weight excluding hydrogens is 298 g/mol. The first-order valence-corrected chi connectivity index (χ1v) is 9.20. The highest BCUT2D eigenvalue weighted by molar-refractivity contribution is 5.88. The third-order valence-corrected chi connectivity index (χ3v) is 6.50. The molecule has 3 heteroatoms. The number of ether oxygens (including phenoxy) is 1. The molecule has 3 nitrogen and oxygen atoms in total. The standard InChI is InChI=1S/C21H23NO2/c1-13-5-6-17-3-2-4-18(19(17)22-13)24-20(23)21-10-14-7-15(11-21)9-16(8-14)12-21/h2-6,14-16H,7-12H2,1H3. The van der Waals surface area contributed by atoms with Gasteiger partial charge >= 0.3 is 5.97 Å². The van der Waals surface area contributed by atoms with Crippen LogP contribution in [0.3, 0.4) is 0 Å². The lowest BCUT2D eigenvalue weighted by Crippen LogP contribution is -2.51. The van der Waals surface area contributed by atoms with Gasteiger partial charge in [0.25, 0.3) is 0 Å². The summed E-state index contributed by atoms with van der Waals surface area (Å²) in [5.41, 5.74) is 1.53. The molecule has 4 fully saturated rings. The van der Waals surface area contributed by atoms with Gasteiger partial charge in [0.2, 0.25) is 0 Å². The molecule has 6 rings (SSSR count). The molecule has 24 heavy (non-hydrogen) atoms. The zero-order valence-electron chi connectivity index (χ0n) is 14.1. The largest absolute Gasteiger partial charge is 0.424 e. The van der Waals surface area contributed by atoms with E-state index in [1.807, 2.05) is 37.3 Å². The second-order valence-corrected chi connectivity index (χ2v) is 8.37. The first-order chi connectivity index (χ1) is 11.6. The summed E-state index contributed by atoms with van der Waals surface area (Å²) in [5.74, 6) is 2.86. The summed E-state index contributed by atoms with van der Waals surface area (Å²) in [4.78, 5) is 17.7. The van der Waals surface area contributed by atoms with E-state index in [4.69, 9.17) is 4.74 Å². The quantitative estimate of drug-likeness (QED) is 0.596. The van der Waals surface area contributed by atoms with Crippen LogP contribution in [0, 0.1) is 30.1 Å². The summed E-state index contributed by atoms with van der Waals surface area (Å²) in [6.45, 7) is 1.97. The molecule has 1 aromatic heterocycles. The number of rotatable bonds is 2. The lowest BCUT2D eigenvalue weighted by molar-refractivity contribution is -0.161. The Morgan fingerprint density at radius 1 is 1.04 bits per heavy atom. The van der Waals surface area contributed by atoms with Gasteiger partial charge in [-0.15, -0.1) is 0 Å². The van der Waals surface area contributed by atoms with Gasteiger partial charge in [-0.2, -0.15) is 0 Å². The minimum atomic E-state index is -0.221. The smallest absolute Gasteiger partial charge is 0.317 e. The number of benzene rings is 1. The van der Waals surface area contributed by atoms with Crippen molar-refractivity contribution in [1.82, 2.24) is 4.98 Å². The van der Waals surface area contributed by atoms with Crippen LogP contribution >= 0.6 is 0 Å². The van der Waals surface area contributed by atoms with Crippen molar-refractivity contribution in [2.45, 2.75) is 45.4 Å². The van der Waals surface area contributed by atoms with E-state index in [1.54, 1.807) is 0 Å². The molecule has 124 valence electrons. The molecule has 2 aromatic rings. The van der Waals surface area contributed by atoms with Crippen LogP contribution in [-0.4, -0.2) is 11.0 Å². The number of pyridine rings is 1. The predicted molar refractivity (Wildman–Crippen MR) is 92.7 cm³/mol. The topological polar surface area (TPSA) is 39.2 Å². The van der Waals surface area contributed by atoms with Gasteiger partial charge < -0.3 is 4.74 Å². The van der Waals surface area contributed by atoms with Crippen molar-refractivity contribution in [2.75, 3.05) is 0 Å². The van der Waals surface area contributed by atoms with Crippen LogP contribution in [0.25, 0.3) is 10.9 Å². The molecule has 4 aliphatic carbocycles. The number of hydrogen-bond acceptors (Lipinski definition) is 3. The number of carbonyl (C=O) groups excluding carboxylic acids is 1. The van der Waals surface area contributed by atoms with Crippen LogP contribution in [0.1, 0.15) is 44.2 Å². The summed E-state index contributed by atoms with van der Waals surface area (Å²) in [5, 5.41) is 1.02. The Balaban J connectivity index is 1.48. The molecule has 0 saturated heterocycles. The molecule has 4 saturated carbocycles. The summed E-state index contributed by atoms with van der Waals surface area (Å²) in [7, 11) is 0. The average Bonchev–Trinajstić information content (AvgIpc) is 2.54. The Labute approximate surface area is 142 Å². The van der Waals surface area contributed by atoms with Crippen molar-refractivity contribution in [2.24, 2.45) is 23.2 Å². The molecule has 0 amide bonds. The number of fused-ring (bicyclic) bond motifs is 1. The maximum Gasteiger partial charge on any atom is 0.317 e. The molecule has 0 unspecified atom stereocenters. The van der Waals surface area contributed by atoms with Gasteiger partial charge in [0.15, 0.2) is 5.75 Å². The summed E-state index contributed by atoms with van der Waals surface area (Å²) < 4.78 is 5.97. The van der Waals surface area contributed by atoms with Gasteiger partial charge in [-0.1, -0.05) is 18.2 Å². The fraction of sp³-hybridized carbons (Fsp3) is 0.524. The molecule has 0 atom stereocenters. The number of aromatic nitrogens is 1. The van der Waals surface area contributed by atoms with Crippen LogP contribution in [0.4, 0.5) is 0 Å². The number of carbonyl (C=O) groups is 1. The Bertz CT molecular complexity index is 790. The Hall–Kier alpha value is -1.90. The van der Waals surface area contributed by atoms with Gasteiger partial charge in [-0.05, 0) is 75.3 Å². The van der Waals surface area contributed by atoms with E-state index in [9.17, 15) is 4.79 Å². The van der Waals surface area contributed by atoms with Gasteiger partial charge in [-0.25, -0.2) is 4.98 Å². The van der Waals surface area contributed by atoms with Crippen molar-refractivity contribution in [1.29, 1.82) is 0 Å². The normalized spacial score (nSPS) is 33.8. The van der Waals surface area contributed by atoms with E-state index >= 15 is 0 Å². The number of hydrogen-bond donors (Lipinski definition) is 0. The van der Waals surface area contributed by atoms with Crippen LogP contribution < -0.4 is 4.74 Å². The number of esters is 1. The van der Waals surface area contributed by atoms with E-state index < -0.39 is 0 Å². The lowest BCUT2D eigenvalue weighted by Gasteiger charge is -2.55. The van der Waals surface area contributed by atoms with Gasteiger partial charge in [0, 0.05) is 11.1 Å². The van der Waals surface area contributed by atoms with E-state index in [0.717, 1.165) is 53.6 Å². The average molecular weight is 321 g/mol. The maximum absolute atomic E-state index is 13.1. The lowest BCUT2D eigenvalue weighted by atomic mass is 9.49. The second-order valence-electron chi connectivity index (χ2n) is 8.37. The second kappa shape index (κ2) is 5.05. The van der Waals surface area contributed by atoms with E-state index in [-0.39, 0.29) is 11.4 Å². The zero-order chi connectivity index (χ0) is 16.3. The van der Waals surface area contributed by atoms with Crippen LogP contribution in [-0.2, 0) is 4.79 Å².